The first-order chi connectivity index (χ1) is 13.9. The van der Waals surface area contributed by atoms with E-state index in [-0.39, 0.29) is 17.8 Å². The molecule has 0 saturated carbocycles. The first kappa shape index (κ1) is 20.9. The van der Waals surface area contributed by atoms with Crippen LogP contribution in [0.3, 0.4) is 0 Å². The molecule has 0 unspecified atom stereocenters. The first-order valence-corrected chi connectivity index (χ1v) is 10.4. The first-order valence-electron chi connectivity index (χ1n) is 9.41. The lowest BCUT2D eigenvalue weighted by molar-refractivity contribution is -0.118. The molecule has 1 N–H and O–H groups in total. The second-order valence-corrected chi connectivity index (χ2v) is 7.89. The second-order valence-electron chi connectivity index (χ2n) is 6.95. The van der Waals surface area contributed by atoms with Gasteiger partial charge in [0.2, 0.25) is 11.8 Å². The Kier molecular flexibility index (Phi) is 6.87. The minimum absolute atomic E-state index is 0.0201. The third kappa shape index (κ3) is 5.57. The van der Waals surface area contributed by atoms with Crippen LogP contribution in [0.2, 0.25) is 0 Å². The van der Waals surface area contributed by atoms with E-state index in [1.807, 2.05) is 36.6 Å². The fourth-order valence-corrected chi connectivity index (χ4v) is 3.40. The van der Waals surface area contributed by atoms with E-state index < -0.39 is 0 Å². The van der Waals surface area contributed by atoms with Gasteiger partial charge in [0.05, 0.1) is 11.9 Å². The van der Waals surface area contributed by atoms with Crippen molar-refractivity contribution in [1.82, 2.24) is 25.1 Å². The number of nitrogens with one attached hydrogen (secondary N) is 1. The van der Waals surface area contributed by atoms with Gasteiger partial charge in [-0.25, -0.2) is 4.98 Å². The number of rotatable bonds is 8. The molecule has 0 fully saturated rings. The molecule has 3 aromatic rings. The Bertz CT molecular complexity index is 987. The molecule has 0 aliphatic rings. The standard InChI is InChI=1S/C21H25N5O2S/c1-14(2)28-20-17(6-5-9-22-20)11-23-19(27)12-29-21-25-24-13-26(21)18-8-7-15(3)16(4)10-18/h5-10,13-14H,11-12H2,1-4H3,(H,23,27). The van der Waals surface area contributed by atoms with Crippen molar-refractivity contribution in [3.05, 3.63) is 59.5 Å². The molecule has 0 saturated heterocycles. The molecular weight excluding hydrogens is 386 g/mol. The predicted octanol–water partition coefficient (Wildman–Crippen LogP) is 3.47. The van der Waals surface area contributed by atoms with E-state index in [1.54, 1.807) is 12.5 Å². The van der Waals surface area contributed by atoms with E-state index in [2.05, 4.69) is 46.5 Å². The van der Waals surface area contributed by atoms with Crippen LogP contribution in [0.1, 0.15) is 30.5 Å². The van der Waals surface area contributed by atoms with Crippen molar-refractivity contribution >= 4 is 17.7 Å². The van der Waals surface area contributed by atoms with E-state index in [9.17, 15) is 4.79 Å². The fraction of sp³-hybridized carbons (Fsp3) is 0.333. The van der Waals surface area contributed by atoms with E-state index in [0.29, 0.717) is 17.6 Å². The average Bonchev–Trinajstić information content (AvgIpc) is 3.16. The summed E-state index contributed by atoms with van der Waals surface area (Å²) in [5, 5.41) is 11.7. The summed E-state index contributed by atoms with van der Waals surface area (Å²) in [6.45, 7) is 8.39. The molecule has 2 heterocycles. The minimum atomic E-state index is -0.0935. The summed E-state index contributed by atoms with van der Waals surface area (Å²) in [6, 6.07) is 9.90. The molecule has 29 heavy (non-hydrogen) atoms. The number of hydrogen-bond acceptors (Lipinski definition) is 6. The number of aromatic nitrogens is 4. The zero-order valence-electron chi connectivity index (χ0n) is 17.0. The molecule has 0 aliphatic carbocycles. The molecule has 1 amide bonds. The molecule has 2 aromatic heterocycles. The Morgan fingerprint density at radius 1 is 1.24 bits per heavy atom. The van der Waals surface area contributed by atoms with Gasteiger partial charge >= 0.3 is 0 Å². The van der Waals surface area contributed by atoms with E-state index in [4.69, 9.17) is 4.74 Å². The summed E-state index contributed by atoms with van der Waals surface area (Å²) in [5.41, 5.74) is 4.25. The largest absolute Gasteiger partial charge is 0.475 e. The van der Waals surface area contributed by atoms with Crippen LogP contribution in [0.4, 0.5) is 0 Å². The lowest BCUT2D eigenvalue weighted by Crippen LogP contribution is -2.25. The molecule has 152 valence electrons. The van der Waals surface area contributed by atoms with Gasteiger partial charge in [-0.1, -0.05) is 23.9 Å². The number of aryl methyl sites for hydroxylation is 2. The number of amides is 1. The lowest BCUT2D eigenvalue weighted by atomic mass is 10.1. The molecule has 0 bridgehead atoms. The van der Waals surface area contributed by atoms with Crippen molar-refractivity contribution in [2.75, 3.05) is 5.75 Å². The minimum Gasteiger partial charge on any atom is -0.475 e. The maximum atomic E-state index is 12.3. The van der Waals surface area contributed by atoms with E-state index >= 15 is 0 Å². The molecule has 0 spiro atoms. The van der Waals surface area contributed by atoms with Gasteiger partial charge in [0.15, 0.2) is 5.16 Å². The maximum absolute atomic E-state index is 12.3. The molecule has 7 nitrogen and oxygen atoms in total. The summed E-state index contributed by atoms with van der Waals surface area (Å²) in [6.07, 6.45) is 3.36. The second kappa shape index (κ2) is 9.56. The molecule has 0 aliphatic heterocycles. The van der Waals surface area contributed by atoms with Gasteiger partial charge in [-0.15, -0.1) is 10.2 Å². The predicted molar refractivity (Wildman–Crippen MR) is 113 cm³/mol. The molecule has 1 aromatic carbocycles. The third-order valence-electron chi connectivity index (χ3n) is 4.29. The Balaban J connectivity index is 1.59. The lowest BCUT2D eigenvalue weighted by Gasteiger charge is -2.13. The van der Waals surface area contributed by atoms with Crippen LogP contribution in [0.25, 0.3) is 5.69 Å². The van der Waals surface area contributed by atoms with Crippen molar-refractivity contribution in [3.63, 3.8) is 0 Å². The Morgan fingerprint density at radius 3 is 2.83 bits per heavy atom. The molecular formula is C21H25N5O2S. The van der Waals surface area contributed by atoms with Crippen LogP contribution in [0.15, 0.2) is 48.0 Å². The quantitative estimate of drug-likeness (QED) is 0.572. The summed E-state index contributed by atoms with van der Waals surface area (Å²) < 4.78 is 7.58. The summed E-state index contributed by atoms with van der Waals surface area (Å²) >= 11 is 1.35. The van der Waals surface area contributed by atoms with Gasteiger partial charge in [0, 0.05) is 24.0 Å². The number of hydrogen-bond donors (Lipinski definition) is 1. The number of pyridine rings is 1. The topological polar surface area (TPSA) is 81.9 Å². The van der Waals surface area contributed by atoms with Crippen LogP contribution in [0, 0.1) is 13.8 Å². The number of thioether (sulfide) groups is 1. The molecule has 3 rings (SSSR count). The van der Waals surface area contributed by atoms with Gasteiger partial charge in [0.1, 0.15) is 6.33 Å². The Labute approximate surface area is 174 Å². The van der Waals surface area contributed by atoms with Crippen LogP contribution in [0.5, 0.6) is 5.88 Å². The van der Waals surface area contributed by atoms with Crippen LogP contribution in [-0.4, -0.2) is 37.5 Å². The van der Waals surface area contributed by atoms with E-state index in [0.717, 1.165) is 11.3 Å². The highest BCUT2D eigenvalue weighted by molar-refractivity contribution is 7.99. The van der Waals surface area contributed by atoms with Crippen LogP contribution < -0.4 is 10.1 Å². The van der Waals surface area contributed by atoms with Crippen LogP contribution >= 0.6 is 11.8 Å². The Morgan fingerprint density at radius 2 is 2.07 bits per heavy atom. The van der Waals surface area contributed by atoms with Crippen LogP contribution in [-0.2, 0) is 11.3 Å². The summed E-state index contributed by atoms with van der Waals surface area (Å²) in [4.78, 5) is 16.6. The molecule has 0 atom stereocenters. The van der Waals surface area contributed by atoms with Gasteiger partial charge in [0.25, 0.3) is 0 Å². The normalized spacial score (nSPS) is 10.9. The van der Waals surface area contributed by atoms with Crippen molar-refractivity contribution in [2.24, 2.45) is 0 Å². The monoisotopic (exact) mass is 411 g/mol. The zero-order valence-corrected chi connectivity index (χ0v) is 17.9. The maximum Gasteiger partial charge on any atom is 0.230 e. The van der Waals surface area contributed by atoms with Crippen molar-refractivity contribution < 1.29 is 9.53 Å². The number of ether oxygens (including phenoxy) is 1. The summed E-state index contributed by atoms with van der Waals surface area (Å²) in [7, 11) is 0. The van der Waals surface area contributed by atoms with Crippen molar-refractivity contribution in [3.8, 4) is 11.6 Å². The smallest absolute Gasteiger partial charge is 0.230 e. The summed E-state index contributed by atoms with van der Waals surface area (Å²) in [5.74, 6) is 0.693. The van der Waals surface area contributed by atoms with Gasteiger partial charge in [-0.3, -0.25) is 9.36 Å². The number of nitrogens with zero attached hydrogens (tertiary/aromatic N) is 4. The van der Waals surface area contributed by atoms with E-state index in [1.165, 1.54) is 22.9 Å². The highest BCUT2D eigenvalue weighted by Gasteiger charge is 2.12. The average molecular weight is 412 g/mol. The highest BCUT2D eigenvalue weighted by Crippen LogP contribution is 2.21. The van der Waals surface area contributed by atoms with Gasteiger partial charge < -0.3 is 10.1 Å². The number of benzene rings is 1. The Hall–Kier alpha value is -2.87. The fourth-order valence-electron chi connectivity index (χ4n) is 2.64. The highest BCUT2D eigenvalue weighted by atomic mass is 32.2. The van der Waals surface area contributed by atoms with Gasteiger partial charge in [-0.2, -0.15) is 0 Å². The zero-order chi connectivity index (χ0) is 20.8. The SMILES string of the molecule is Cc1ccc(-n2cnnc2SCC(=O)NCc2cccnc2OC(C)C)cc1C. The van der Waals surface area contributed by atoms with Crippen molar-refractivity contribution in [1.29, 1.82) is 0 Å². The number of carbonyl (C=O) groups is 1. The molecule has 8 heteroatoms. The van der Waals surface area contributed by atoms with Gasteiger partial charge in [-0.05, 0) is 57.0 Å². The van der Waals surface area contributed by atoms with Crippen molar-refractivity contribution in [2.45, 2.75) is 45.5 Å². The third-order valence-corrected chi connectivity index (χ3v) is 5.23. The number of carbonyl (C=O) groups excluding carboxylic acids is 1. The molecule has 0 radical (unpaired) electrons.